The van der Waals surface area contributed by atoms with Crippen LogP contribution in [-0.4, -0.2) is 39.3 Å². The topological polar surface area (TPSA) is 94.8 Å². The zero-order chi connectivity index (χ0) is 18.4. The van der Waals surface area contributed by atoms with Gasteiger partial charge < -0.3 is 15.3 Å². The third-order valence-electron chi connectivity index (χ3n) is 9.10. The van der Waals surface area contributed by atoms with Crippen molar-refractivity contribution >= 4 is 11.8 Å². The van der Waals surface area contributed by atoms with Gasteiger partial charge in [-0.25, -0.2) is 0 Å². The molecule has 0 radical (unpaired) electrons. The first kappa shape index (κ1) is 17.5. The number of ketones is 1. The summed E-state index contributed by atoms with van der Waals surface area (Å²) in [5.74, 6) is -0.831. The lowest BCUT2D eigenvalue weighted by atomic mass is 9.39. The second-order valence-electron chi connectivity index (χ2n) is 10.1. The van der Waals surface area contributed by atoms with Crippen LogP contribution in [0.25, 0.3) is 0 Å². The molecule has 4 saturated carbocycles. The van der Waals surface area contributed by atoms with Gasteiger partial charge in [-0.1, -0.05) is 20.3 Å². The molecule has 0 aromatic rings. The Bertz CT molecular complexity index is 646. The van der Waals surface area contributed by atoms with Crippen molar-refractivity contribution in [2.45, 2.75) is 77.9 Å². The summed E-state index contributed by atoms with van der Waals surface area (Å²) in [5.41, 5.74) is -2.32. The van der Waals surface area contributed by atoms with E-state index in [0.29, 0.717) is 32.1 Å². The Morgan fingerprint density at radius 1 is 1.04 bits per heavy atom. The molecular formula is C20H30O5. The fraction of sp³-hybridized carbons (Fsp3) is 0.900. The number of fused-ring (bicyclic) bond motifs is 3. The molecule has 5 heteroatoms. The molecular weight excluding hydrogens is 320 g/mol. The smallest absolute Gasteiger partial charge is 0.309 e. The van der Waals surface area contributed by atoms with Crippen LogP contribution >= 0.6 is 0 Å². The number of hydrogen-bond acceptors (Lipinski definition) is 4. The van der Waals surface area contributed by atoms with Gasteiger partial charge in [-0.05, 0) is 56.3 Å². The van der Waals surface area contributed by atoms with Gasteiger partial charge in [0.15, 0.2) is 0 Å². The van der Waals surface area contributed by atoms with Crippen LogP contribution in [0.2, 0.25) is 0 Å². The van der Waals surface area contributed by atoms with Crippen LogP contribution in [0.15, 0.2) is 0 Å². The number of carboxylic acids is 1. The summed E-state index contributed by atoms with van der Waals surface area (Å²) in [6, 6.07) is 0. The van der Waals surface area contributed by atoms with E-state index in [-0.39, 0.29) is 23.0 Å². The van der Waals surface area contributed by atoms with E-state index in [1.165, 1.54) is 0 Å². The molecule has 0 aliphatic heterocycles. The number of Topliss-reactive ketones (excluding diaryl/α,β-unsaturated/α-hetero) is 1. The van der Waals surface area contributed by atoms with E-state index in [4.69, 9.17) is 0 Å². The normalized spacial score (nSPS) is 57.7. The fourth-order valence-corrected chi connectivity index (χ4v) is 7.58. The minimum atomic E-state index is -0.843. The van der Waals surface area contributed by atoms with Crippen LogP contribution in [0.5, 0.6) is 0 Å². The molecule has 3 N–H and O–H groups in total. The number of aliphatic hydroxyl groups is 2. The fourth-order valence-electron chi connectivity index (χ4n) is 7.58. The van der Waals surface area contributed by atoms with Crippen molar-refractivity contribution < 1.29 is 24.9 Å². The second kappa shape index (κ2) is 4.86. The highest BCUT2D eigenvalue weighted by atomic mass is 16.4. The maximum atomic E-state index is 12.7. The highest BCUT2D eigenvalue weighted by Crippen LogP contribution is 2.72. The molecule has 0 unspecified atom stereocenters. The summed E-state index contributed by atoms with van der Waals surface area (Å²) in [4.78, 5) is 24.8. The summed E-state index contributed by atoms with van der Waals surface area (Å²) in [6.45, 7) is 5.83. The summed E-state index contributed by atoms with van der Waals surface area (Å²) >= 11 is 0. The lowest BCUT2D eigenvalue weighted by molar-refractivity contribution is -0.223. The monoisotopic (exact) mass is 350 g/mol. The van der Waals surface area contributed by atoms with Crippen molar-refractivity contribution in [3.05, 3.63) is 0 Å². The number of aliphatic carboxylic acids is 1. The van der Waals surface area contributed by atoms with E-state index >= 15 is 0 Å². The molecule has 0 heterocycles. The molecule has 4 aliphatic carbocycles. The Labute approximate surface area is 148 Å². The zero-order valence-electron chi connectivity index (χ0n) is 15.4. The molecule has 0 aromatic carbocycles. The van der Waals surface area contributed by atoms with Crippen molar-refractivity contribution in [2.24, 2.45) is 33.5 Å². The van der Waals surface area contributed by atoms with Gasteiger partial charge in [0.05, 0.1) is 23.0 Å². The van der Waals surface area contributed by atoms with E-state index in [2.05, 4.69) is 6.92 Å². The minimum absolute atomic E-state index is 0.00208. The van der Waals surface area contributed by atoms with Crippen molar-refractivity contribution in [3.63, 3.8) is 0 Å². The van der Waals surface area contributed by atoms with Crippen LogP contribution in [0, 0.1) is 33.5 Å². The first-order chi connectivity index (χ1) is 11.5. The van der Waals surface area contributed by atoms with Gasteiger partial charge in [-0.3, -0.25) is 9.59 Å². The molecule has 2 bridgehead atoms. The van der Waals surface area contributed by atoms with Crippen LogP contribution in [0.1, 0.15) is 65.7 Å². The molecule has 4 fully saturated rings. The van der Waals surface area contributed by atoms with Crippen molar-refractivity contribution in [1.82, 2.24) is 0 Å². The Hall–Kier alpha value is -0.940. The summed E-state index contributed by atoms with van der Waals surface area (Å²) in [5, 5.41) is 31.8. The number of aliphatic hydroxyl groups excluding tert-OH is 2. The third-order valence-corrected chi connectivity index (χ3v) is 9.10. The van der Waals surface area contributed by atoms with Gasteiger partial charge >= 0.3 is 5.97 Å². The number of hydrogen-bond donors (Lipinski definition) is 3. The van der Waals surface area contributed by atoms with Gasteiger partial charge in [-0.2, -0.15) is 0 Å². The van der Waals surface area contributed by atoms with Gasteiger partial charge in [0.2, 0.25) is 0 Å². The summed E-state index contributed by atoms with van der Waals surface area (Å²) < 4.78 is 0. The molecule has 0 amide bonds. The van der Waals surface area contributed by atoms with E-state index < -0.39 is 34.4 Å². The predicted octanol–water partition coefficient (Wildman–Crippen LogP) is 2.38. The summed E-state index contributed by atoms with van der Waals surface area (Å²) in [7, 11) is 0. The molecule has 4 aliphatic rings. The Kier molecular flexibility index (Phi) is 3.40. The van der Waals surface area contributed by atoms with E-state index in [1.54, 1.807) is 0 Å². The Balaban J connectivity index is 1.83. The van der Waals surface area contributed by atoms with Gasteiger partial charge in [0.1, 0.15) is 5.78 Å². The van der Waals surface area contributed by atoms with Crippen LogP contribution in [0.4, 0.5) is 0 Å². The molecule has 0 aromatic heterocycles. The van der Waals surface area contributed by atoms with E-state index in [1.807, 2.05) is 13.8 Å². The summed E-state index contributed by atoms with van der Waals surface area (Å²) in [6.07, 6.45) is 2.87. The van der Waals surface area contributed by atoms with Crippen LogP contribution in [-0.2, 0) is 9.59 Å². The molecule has 1 spiro atoms. The minimum Gasteiger partial charge on any atom is -0.481 e. The van der Waals surface area contributed by atoms with Crippen LogP contribution < -0.4 is 0 Å². The highest BCUT2D eigenvalue weighted by molar-refractivity contribution is 5.89. The maximum Gasteiger partial charge on any atom is 0.309 e. The maximum absolute atomic E-state index is 12.7. The highest BCUT2D eigenvalue weighted by Gasteiger charge is 2.72. The molecule has 8 atom stereocenters. The number of carboxylic acid groups (broad SMARTS) is 1. The van der Waals surface area contributed by atoms with Gasteiger partial charge in [0, 0.05) is 11.8 Å². The van der Waals surface area contributed by atoms with Crippen LogP contribution in [0.3, 0.4) is 0 Å². The third kappa shape index (κ3) is 1.86. The van der Waals surface area contributed by atoms with Gasteiger partial charge in [-0.15, -0.1) is 0 Å². The number of carbonyl (C=O) groups is 2. The lowest BCUT2D eigenvalue weighted by Gasteiger charge is -2.65. The Morgan fingerprint density at radius 2 is 1.68 bits per heavy atom. The van der Waals surface area contributed by atoms with Crippen molar-refractivity contribution in [1.29, 1.82) is 0 Å². The quantitative estimate of drug-likeness (QED) is 0.675. The van der Waals surface area contributed by atoms with Gasteiger partial charge in [0.25, 0.3) is 0 Å². The number of carbonyl (C=O) groups excluding carboxylic acids is 1. The first-order valence-corrected chi connectivity index (χ1v) is 9.63. The molecule has 25 heavy (non-hydrogen) atoms. The second-order valence-corrected chi connectivity index (χ2v) is 10.1. The predicted molar refractivity (Wildman–Crippen MR) is 90.7 cm³/mol. The zero-order valence-corrected chi connectivity index (χ0v) is 15.4. The van der Waals surface area contributed by atoms with Crippen molar-refractivity contribution in [2.75, 3.05) is 0 Å². The number of rotatable bonds is 1. The first-order valence-electron chi connectivity index (χ1n) is 9.63. The molecule has 140 valence electrons. The average molecular weight is 350 g/mol. The van der Waals surface area contributed by atoms with Crippen molar-refractivity contribution in [3.8, 4) is 0 Å². The largest absolute Gasteiger partial charge is 0.481 e. The standard InChI is InChI=1S/C20H30O5/c1-17-5-4-6-18(2,16(24)25)11(17)7-14(22)20-9-15(23)19(3,10-20)13(21)8-12(17)20/h11-14,21-22H,4-10H2,1-3H3,(H,24,25)/t11-,12-,13+,14+,17+,18+,19+,20+/m0/s1. The molecule has 4 rings (SSSR count). The molecule has 0 saturated heterocycles. The van der Waals surface area contributed by atoms with E-state index in [9.17, 15) is 24.9 Å². The van der Waals surface area contributed by atoms with E-state index in [0.717, 1.165) is 12.8 Å². The Morgan fingerprint density at radius 3 is 2.32 bits per heavy atom. The lowest BCUT2D eigenvalue weighted by Crippen LogP contribution is -2.64. The average Bonchev–Trinajstić information content (AvgIpc) is 2.76. The SMILES string of the molecule is C[C@@]12CCC[C@@](C)(C(=O)O)[C@H]1C[C@@H](O)[C@]13CC(=O)[C@](C)(C1)[C@H](O)C[C@@H]23. The molecule has 5 nitrogen and oxygen atoms in total.